The molecule has 1 unspecified atom stereocenters. The summed E-state index contributed by atoms with van der Waals surface area (Å²) in [6.45, 7) is 4.60. The molecule has 140 valence electrons. The number of nitro groups is 1. The van der Waals surface area contributed by atoms with Gasteiger partial charge in [0, 0.05) is 0 Å². The summed E-state index contributed by atoms with van der Waals surface area (Å²) in [5.41, 5.74) is 1.12. The van der Waals surface area contributed by atoms with Crippen molar-refractivity contribution in [2.24, 2.45) is 5.14 Å². The predicted molar refractivity (Wildman–Crippen MR) is 92.7 cm³/mol. The number of rotatable bonds is 6. The van der Waals surface area contributed by atoms with Crippen LogP contribution in [0.25, 0.3) is 0 Å². The molecule has 1 heterocycles. The fraction of sp³-hybridized carbons (Fsp3) is 0.333. The molecule has 2 aromatic rings. The van der Waals surface area contributed by atoms with Gasteiger partial charge in [0.15, 0.2) is 0 Å². The Kier molecular flexibility index (Phi) is 5.42. The van der Waals surface area contributed by atoms with Crippen LogP contribution in [0.3, 0.4) is 0 Å². The molecule has 1 aromatic carbocycles. The van der Waals surface area contributed by atoms with E-state index in [2.05, 4.69) is 10.4 Å². The van der Waals surface area contributed by atoms with Gasteiger partial charge in [-0.25, -0.2) is 13.6 Å². The lowest BCUT2D eigenvalue weighted by Crippen LogP contribution is -2.30. The normalized spacial score (nSPS) is 12.6. The average molecular weight is 381 g/mol. The molecule has 26 heavy (non-hydrogen) atoms. The molecular weight excluding hydrogens is 362 g/mol. The molecule has 0 aliphatic rings. The number of amides is 1. The smallest absolute Gasteiger partial charge is 0.312 e. The zero-order chi connectivity index (χ0) is 19.6. The summed E-state index contributed by atoms with van der Waals surface area (Å²) in [6.07, 6.45) is 0. The maximum Gasteiger partial charge on any atom is 0.312 e. The maximum atomic E-state index is 12.2. The van der Waals surface area contributed by atoms with Crippen LogP contribution in [0.5, 0.6) is 0 Å². The van der Waals surface area contributed by atoms with E-state index in [9.17, 15) is 23.3 Å². The predicted octanol–water partition coefficient (Wildman–Crippen LogP) is 0.933. The van der Waals surface area contributed by atoms with Crippen molar-refractivity contribution in [2.45, 2.75) is 38.3 Å². The van der Waals surface area contributed by atoms with Crippen molar-refractivity contribution in [3.8, 4) is 0 Å². The number of aromatic nitrogens is 2. The average Bonchev–Trinajstić information content (AvgIpc) is 2.80. The Hall–Kier alpha value is -2.79. The van der Waals surface area contributed by atoms with Gasteiger partial charge in [0.25, 0.3) is 0 Å². The molecule has 0 radical (unpaired) electrons. The molecule has 0 bridgehead atoms. The highest BCUT2D eigenvalue weighted by Gasteiger charge is 2.23. The van der Waals surface area contributed by atoms with Crippen LogP contribution in [0.15, 0.2) is 29.2 Å². The second-order valence-electron chi connectivity index (χ2n) is 5.84. The Labute approximate surface area is 150 Å². The minimum atomic E-state index is -3.78. The van der Waals surface area contributed by atoms with Crippen molar-refractivity contribution in [2.75, 3.05) is 0 Å². The van der Waals surface area contributed by atoms with Crippen LogP contribution in [0.4, 0.5) is 5.69 Å². The van der Waals surface area contributed by atoms with E-state index in [0.717, 1.165) is 0 Å². The lowest BCUT2D eigenvalue weighted by molar-refractivity contribution is -0.386. The number of nitrogens with two attached hydrogens (primary N) is 1. The van der Waals surface area contributed by atoms with Crippen molar-refractivity contribution in [3.05, 3.63) is 51.3 Å². The molecule has 0 spiro atoms. The highest BCUT2D eigenvalue weighted by molar-refractivity contribution is 7.89. The first-order chi connectivity index (χ1) is 12.0. The molecule has 0 saturated carbocycles. The molecule has 1 amide bonds. The summed E-state index contributed by atoms with van der Waals surface area (Å²) < 4.78 is 23.8. The Balaban J connectivity index is 2.08. The number of hydrogen-bond acceptors (Lipinski definition) is 6. The minimum Gasteiger partial charge on any atom is -0.348 e. The fourth-order valence-corrected chi connectivity index (χ4v) is 3.07. The van der Waals surface area contributed by atoms with Crippen molar-refractivity contribution in [1.82, 2.24) is 15.1 Å². The van der Waals surface area contributed by atoms with E-state index >= 15 is 0 Å². The van der Waals surface area contributed by atoms with Gasteiger partial charge in [-0.15, -0.1) is 0 Å². The summed E-state index contributed by atoms with van der Waals surface area (Å²) >= 11 is 0. The van der Waals surface area contributed by atoms with Gasteiger partial charge in [0.05, 0.1) is 15.9 Å². The van der Waals surface area contributed by atoms with Gasteiger partial charge >= 0.3 is 5.69 Å². The zero-order valence-corrected chi connectivity index (χ0v) is 15.3. The topological polar surface area (TPSA) is 150 Å². The number of sulfonamides is 1. The van der Waals surface area contributed by atoms with Crippen molar-refractivity contribution in [1.29, 1.82) is 0 Å². The highest BCUT2D eigenvalue weighted by atomic mass is 32.2. The Morgan fingerprint density at radius 1 is 1.35 bits per heavy atom. The van der Waals surface area contributed by atoms with Crippen LogP contribution >= 0.6 is 0 Å². The number of primary sulfonamides is 1. The largest absolute Gasteiger partial charge is 0.348 e. The van der Waals surface area contributed by atoms with E-state index in [0.29, 0.717) is 11.3 Å². The van der Waals surface area contributed by atoms with Crippen LogP contribution < -0.4 is 10.5 Å². The monoisotopic (exact) mass is 381 g/mol. The van der Waals surface area contributed by atoms with E-state index in [4.69, 9.17) is 5.14 Å². The maximum absolute atomic E-state index is 12.2. The van der Waals surface area contributed by atoms with Crippen LogP contribution in [0, 0.1) is 24.0 Å². The SMILES string of the molecule is Cc1nn(CC(=O)NC(C)c2ccc(S(N)(=O)=O)cc2)c(C)c1[N+](=O)[O-]. The van der Waals surface area contributed by atoms with Crippen molar-refractivity contribution < 1.29 is 18.1 Å². The van der Waals surface area contributed by atoms with Crippen LogP contribution in [0.2, 0.25) is 0 Å². The van der Waals surface area contributed by atoms with E-state index < -0.39 is 21.0 Å². The summed E-state index contributed by atoms with van der Waals surface area (Å²) in [5.74, 6) is -0.381. The summed E-state index contributed by atoms with van der Waals surface area (Å²) in [5, 5.41) is 22.8. The molecule has 0 saturated heterocycles. The molecule has 0 aliphatic heterocycles. The van der Waals surface area contributed by atoms with Gasteiger partial charge < -0.3 is 5.32 Å². The van der Waals surface area contributed by atoms with E-state index in [1.807, 2.05) is 0 Å². The molecular formula is C15H19N5O5S. The fourth-order valence-electron chi connectivity index (χ4n) is 2.56. The van der Waals surface area contributed by atoms with Gasteiger partial charge in [-0.05, 0) is 38.5 Å². The number of hydrogen-bond donors (Lipinski definition) is 2. The Morgan fingerprint density at radius 2 is 1.92 bits per heavy atom. The minimum absolute atomic E-state index is 0.0188. The van der Waals surface area contributed by atoms with E-state index in [1.165, 1.54) is 30.7 Å². The van der Waals surface area contributed by atoms with Crippen LogP contribution in [-0.2, 0) is 21.4 Å². The number of nitrogens with one attached hydrogen (secondary N) is 1. The molecule has 11 heteroatoms. The van der Waals surface area contributed by atoms with Gasteiger partial charge in [-0.1, -0.05) is 12.1 Å². The standard InChI is InChI=1S/C15H19N5O5S/c1-9(12-4-6-13(7-5-12)26(16,24)25)17-14(21)8-19-11(3)15(20(22)23)10(2)18-19/h4-7,9H,8H2,1-3H3,(H,17,21)(H2,16,24,25). The Bertz CT molecular complexity index is 950. The molecule has 0 fully saturated rings. The van der Waals surface area contributed by atoms with Gasteiger partial charge in [-0.2, -0.15) is 5.10 Å². The first-order valence-electron chi connectivity index (χ1n) is 7.61. The first-order valence-corrected chi connectivity index (χ1v) is 9.16. The lowest BCUT2D eigenvalue weighted by Gasteiger charge is -2.15. The third-order valence-corrected chi connectivity index (χ3v) is 4.83. The molecule has 3 N–H and O–H groups in total. The summed E-state index contributed by atoms with van der Waals surface area (Å²) in [4.78, 5) is 22.7. The molecule has 1 aromatic heterocycles. The van der Waals surface area contributed by atoms with E-state index in [-0.39, 0.29) is 28.7 Å². The molecule has 2 rings (SSSR count). The van der Waals surface area contributed by atoms with Gasteiger partial charge in [0.2, 0.25) is 15.9 Å². The quantitative estimate of drug-likeness (QED) is 0.561. The van der Waals surface area contributed by atoms with Crippen molar-refractivity contribution >= 4 is 21.6 Å². The number of aryl methyl sites for hydroxylation is 1. The highest BCUT2D eigenvalue weighted by Crippen LogP contribution is 2.21. The van der Waals surface area contributed by atoms with Crippen LogP contribution in [0.1, 0.15) is 29.9 Å². The first kappa shape index (κ1) is 19.5. The third kappa shape index (κ3) is 4.24. The number of nitrogens with zero attached hydrogens (tertiary/aromatic N) is 3. The van der Waals surface area contributed by atoms with E-state index in [1.54, 1.807) is 19.1 Å². The summed E-state index contributed by atoms with van der Waals surface area (Å²) in [7, 11) is -3.78. The number of carbonyl (C=O) groups excluding carboxylic acids is 1. The summed E-state index contributed by atoms with van der Waals surface area (Å²) in [6, 6.07) is 5.43. The second-order valence-corrected chi connectivity index (χ2v) is 7.40. The zero-order valence-electron chi connectivity index (χ0n) is 14.5. The van der Waals surface area contributed by atoms with Crippen molar-refractivity contribution in [3.63, 3.8) is 0 Å². The number of carbonyl (C=O) groups is 1. The van der Waals surface area contributed by atoms with Crippen LogP contribution in [-0.4, -0.2) is 29.0 Å². The van der Waals surface area contributed by atoms with Gasteiger partial charge in [-0.3, -0.25) is 19.6 Å². The second kappa shape index (κ2) is 7.22. The number of benzene rings is 1. The van der Waals surface area contributed by atoms with Gasteiger partial charge in [0.1, 0.15) is 17.9 Å². The molecule has 10 nitrogen and oxygen atoms in total. The lowest BCUT2D eigenvalue weighted by atomic mass is 10.1. The third-order valence-electron chi connectivity index (χ3n) is 3.91. The molecule has 1 atom stereocenters. The Morgan fingerprint density at radius 3 is 2.38 bits per heavy atom. The molecule has 0 aliphatic carbocycles.